The number of hydrogen-bond donors (Lipinski definition) is 2. The highest BCUT2D eigenvalue weighted by atomic mass is 32.2. The molecule has 0 saturated carbocycles. The smallest absolute Gasteiger partial charge is 0.245 e. The minimum Gasteiger partial charge on any atom is -0.335 e. The van der Waals surface area contributed by atoms with Gasteiger partial charge >= 0.3 is 0 Å². The molecule has 2 heterocycles. The standard InChI is InChI=1S/C19H22N4OS2/c1-3-16-12-20-19(26-16)21-15-8-6-14(7-9-15)13(2)22-23-18(24)11-17-5-4-10-25-17/h4-10,16H,3,11-12H2,1-2H3,(H,20,21)(H,23,24)/b22-13-/t16-/m1/s1. The van der Waals surface area contributed by atoms with Gasteiger partial charge in [0.1, 0.15) is 0 Å². The molecule has 1 aromatic carbocycles. The summed E-state index contributed by atoms with van der Waals surface area (Å²) < 4.78 is 0. The Labute approximate surface area is 162 Å². The number of thioether (sulfide) groups is 1. The normalized spacial score (nSPS) is 17.1. The maximum Gasteiger partial charge on any atom is 0.245 e. The molecule has 0 bridgehead atoms. The topological polar surface area (TPSA) is 65.8 Å². The summed E-state index contributed by atoms with van der Waals surface area (Å²) in [5.74, 6) is -0.105. The molecule has 2 aromatic rings. The van der Waals surface area contributed by atoms with Crippen molar-refractivity contribution in [2.75, 3.05) is 11.9 Å². The van der Waals surface area contributed by atoms with E-state index in [-0.39, 0.29) is 5.91 Å². The van der Waals surface area contributed by atoms with E-state index in [2.05, 4.69) is 27.8 Å². The number of rotatable bonds is 6. The molecule has 0 unspecified atom stereocenters. The number of amides is 1. The summed E-state index contributed by atoms with van der Waals surface area (Å²) in [5.41, 5.74) is 5.37. The first-order chi connectivity index (χ1) is 12.6. The quantitative estimate of drug-likeness (QED) is 0.580. The van der Waals surface area contributed by atoms with E-state index in [4.69, 9.17) is 0 Å². The Kier molecular flexibility index (Phi) is 6.46. The van der Waals surface area contributed by atoms with Gasteiger partial charge in [-0.2, -0.15) is 5.10 Å². The predicted molar refractivity (Wildman–Crippen MR) is 112 cm³/mol. The first-order valence-electron chi connectivity index (χ1n) is 8.58. The third kappa shape index (κ3) is 5.19. The molecule has 0 radical (unpaired) electrons. The molecule has 26 heavy (non-hydrogen) atoms. The third-order valence-electron chi connectivity index (χ3n) is 3.99. The van der Waals surface area contributed by atoms with Crippen LogP contribution in [0.2, 0.25) is 0 Å². The van der Waals surface area contributed by atoms with Gasteiger partial charge in [-0.05, 0) is 42.5 Å². The molecular weight excluding hydrogens is 364 g/mol. The van der Waals surface area contributed by atoms with Crippen molar-refractivity contribution in [2.45, 2.75) is 31.9 Å². The van der Waals surface area contributed by atoms with Crippen molar-refractivity contribution in [1.29, 1.82) is 0 Å². The van der Waals surface area contributed by atoms with Gasteiger partial charge in [-0.25, -0.2) is 5.43 Å². The number of hydrazone groups is 1. The molecule has 0 saturated heterocycles. The van der Waals surface area contributed by atoms with Crippen LogP contribution in [0.15, 0.2) is 51.9 Å². The van der Waals surface area contributed by atoms with Gasteiger partial charge in [0.2, 0.25) is 5.91 Å². The van der Waals surface area contributed by atoms with Crippen molar-refractivity contribution in [1.82, 2.24) is 5.43 Å². The molecule has 1 aliphatic heterocycles. The highest BCUT2D eigenvalue weighted by Gasteiger charge is 2.17. The summed E-state index contributed by atoms with van der Waals surface area (Å²) in [5, 5.41) is 11.1. The van der Waals surface area contributed by atoms with Gasteiger partial charge in [0.05, 0.1) is 18.7 Å². The fourth-order valence-corrected chi connectivity index (χ4v) is 4.10. The van der Waals surface area contributed by atoms with Gasteiger partial charge < -0.3 is 5.32 Å². The van der Waals surface area contributed by atoms with Gasteiger partial charge in [0.25, 0.3) is 0 Å². The number of nitrogens with one attached hydrogen (secondary N) is 2. The van der Waals surface area contributed by atoms with E-state index in [0.29, 0.717) is 11.7 Å². The van der Waals surface area contributed by atoms with Crippen molar-refractivity contribution in [3.63, 3.8) is 0 Å². The maximum absolute atomic E-state index is 11.9. The largest absolute Gasteiger partial charge is 0.335 e. The van der Waals surface area contributed by atoms with E-state index in [1.165, 1.54) is 0 Å². The van der Waals surface area contributed by atoms with E-state index in [1.807, 2.05) is 48.7 Å². The zero-order valence-electron chi connectivity index (χ0n) is 14.9. The van der Waals surface area contributed by atoms with E-state index in [0.717, 1.165) is 40.0 Å². The first-order valence-corrected chi connectivity index (χ1v) is 10.3. The average molecular weight is 387 g/mol. The zero-order chi connectivity index (χ0) is 18.4. The highest BCUT2D eigenvalue weighted by molar-refractivity contribution is 8.15. The molecule has 2 N–H and O–H groups in total. The fraction of sp³-hybridized carbons (Fsp3) is 0.316. The van der Waals surface area contributed by atoms with Crippen LogP contribution < -0.4 is 10.7 Å². The van der Waals surface area contributed by atoms with Crippen molar-refractivity contribution in [3.05, 3.63) is 52.2 Å². The second-order valence-electron chi connectivity index (χ2n) is 5.98. The third-order valence-corrected chi connectivity index (χ3v) is 6.14. The molecule has 136 valence electrons. The molecular formula is C19H22N4OS2. The van der Waals surface area contributed by atoms with Crippen LogP contribution in [0.4, 0.5) is 5.69 Å². The summed E-state index contributed by atoms with van der Waals surface area (Å²) >= 11 is 3.37. The lowest BCUT2D eigenvalue weighted by molar-refractivity contribution is -0.120. The Morgan fingerprint density at radius 2 is 2.12 bits per heavy atom. The van der Waals surface area contributed by atoms with Crippen LogP contribution >= 0.6 is 23.1 Å². The molecule has 5 nitrogen and oxygen atoms in total. The van der Waals surface area contributed by atoms with E-state index in [9.17, 15) is 4.79 Å². The molecule has 1 atom stereocenters. The van der Waals surface area contributed by atoms with Crippen LogP contribution in [-0.4, -0.2) is 28.6 Å². The van der Waals surface area contributed by atoms with Gasteiger partial charge in [-0.1, -0.05) is 36.9 Å². The van der Waals surface area contributed by atoms with Gasteiger partial charge in [-0.15, -0.1) is 11.3 Å². The van der Waals surface area contributed by atoms with Crippen LogP contribution in [0.25, 0.3) is 0 Å². The van der Waals surface area contributed by atoms with Crippen molar-refractivity contribution < 1.29 is 4.79 Å². The molecule has 0 fully saturated rings. The number of carbonyl (C=O) groups is 1. The Morgan fingerprint density at radius 3 is 2.77 bits per heavy atom. The SMILES string of the molecule is CC[C@@H]1CN=C(Nc2ccc(/C(C)=N\NC(=O)Cc3cccs3)cc2)S1. The lowest BCUT2D eigenvalue weighted by Gasteiger charge is -2.08. The van der Waals surface area contributed by atoms with Gasteiger partial charge in [-0.3, -0.25) is 9.79 Å². The highest BCUT2D eigenvalue weighted by Crippen LogP contribution is 2.24. The maximum atomic E-state index is 11.9. The molecule has 3 rings (SSSR count). The monoisotopic (exact) mass is 386 g/mol. The number of benzene rings is 1. The van der Waals surface area contributed by atoms with Crippen LogP contribution in [-0.2, 0) is 11.2 Å². The average Bonchev–Trinajstić information content (AvgIpc) is 3.32. The Hall–Kier alpha value is -2.12. The lowest BCUT2D eigenvalue weighted by atomic mass is 10.1. The molecule has 7 heteroatoms. The lowest BCUT2D eigenvalue weighted by Crippen LogP contribution is -2.20. The number of aliphatic imine (C=N–C) groups is 1. The number of thiophene rings is 1. The van der Waals surface area contributed by atoms with Gasteiger partial charge in [0.15, 0.2) is 5.17 Å². The fourth-order valence-electron chi connectivity index (χ4n) is 2.44. The van der Waals surface area contributed by atoms with Crippen LogP contribution in [0.5, 0.6) is 0 Å². The Balaban J connectivity index is 1.53. The number of amidine groups is 1. The first kappa shape index (κ1) is 18.7. The predicted octanol–water partition coefficient (Wildman–Crippen LogP) is 4.12. The summed E-state index contributed by atoms with van der Waals surface area (Å²) in [7, 11) is 0. The Bertz CT molecular complexity index is 797. The summed E-state index contributed by atoms with van der Waals surface area (Å²) in [6, 6.07) is 11.9. The second-order valence-corrected chi connectivity index (χ2v) is 8.31. The Morgan fingerprint density at radius 1 is 1.31 bits per heavy atom. The van der Waals surface area contributed by atoms with Crippen molar-refractivity contribution >= 4 is 45.6 Å². The number of anilines is 1. The summed E-state index contributed by atoms with van der Waals surface area (Å²) in [4.78, 5) is 17.5. The zero-order valence-corrected chi connectivity index (χ0v) is 16.5. The molecule has 1 aromatic heterocycles. The van der Waals surface area contributed by atoms with E-state index < -0.39 is 0 Å². The number of carbonyl (C=O) groups excluding carboxylic acids is 1. The minimum atomic E-state index is -0.105. The van der Waals surface area contributed by atoms with Crippen LogP contribution in [0, 0.1) is 0 Å². The van der Waals surface area contributed by atoms with Crippen LogP contribution in [0.3, 0.4) is 0 Å². The molecule has 0 aliphatic carbocycles. The minimum absolute atomic E-state index is 0.105. The summed E-state index contributed by atoms with van der Waals surface area (Å²) in [6.07, 6.45) is 1.49. The molecule has 0 spiro atoms. The van der Waals surface area contributed by atoms with E-state index >= 15 is 0 Å². The van der Waals surface area contributed by atoms with Crippen molar-refractivity contribution in [2.24, 2.45) is 10.1 Å². The molecule has 1 amide bonds. The second kappa shape index (κ2) is 9.00. The molecule has 1 aliphatic rings. The summed E-state index contributed by atoms with van der Waals surface area (Å²) in [6.45, 7) is 4.96. The van der Waals surface area contributed by atoms with Crippen molar-refractivity contribution in [3.8, 4) is 0 Å². The number of nitrogens with zero attached hydrogens (tertiary/aromatic N) is 2. The van der Waals surface area contributed by atoms with Gasteiger partial charge in [0, 0.05) is 15.8 Å². The number of hydrogen-bond acceptors (Lipinski definition) is 6. The van der Waals surface area contributed by atoms with Crippen LogP contribution in [0.1, 0.15) is 30.7 Å². The van der Waals surface area contributed by atoms with E-state index in [1.54, 1.807) is 23.1 Å².